The van der Waals surface area contributed by atoms with Crippen LogP contribution in [0.25, 0.3) is 0 Å². The van der Waals surface area contributed by atoms with E-state index in [-0.39, 0.29) is 23.4 Å². The molecule has 0 saturated heterocycles. The van der Waals surface area contributed by atoms with E-state index in [1.807, 2.05) is 13.0 Å². The van der Waals surface area contributed by atoms with E-state index in [4.69, 9.17) is 11.6 Å². The lowest BCUT2D eigenvalue weighted by Gasteiger charge is -2.18. The fraction of sp³-hybridized carbons (Fsp3) is 0.381. The molecule has 1 fully saturated rings. The summed E-state index contributed by atoms with van der Waals surface area (Å²) in [7, 11) is 0. The smallest absolute Gasteiger partial charge is 0.227 e. The number of benzene rings is 1. The first-order chi connectivity index (χ1) is 14.9. The molecule has 2 aromatic heterocycles. The molecule has 3 aromatic rings. The molecule has 1 aromatic carbocycles. The Labute approximate surface area is 184 Å². The maximum atomic E-state index is 13.2. The zero-order valence-electron chi connectivity index (χ0n) is 17.3. The first-order valence-electron chi connectivity index (χ1n) is 10.2. The lowest BCUT2D eigenvalue weighted by atomic mass is 10.1. The van der Waals surface area contributed by atoms with Crippen molar-refractivity contribution in [3.63, 3.8) is 0 Å². The van der Waals surface area contributed by atoms with Crippen LogP contribution >= 0.6 is 11.6 Å². The van der Waals surface area contributed by atoms with Gasteiger partial charge in [-0.2, -0.15) is 15.1 Å². The van der Waals surface area contributed by atoms with Crippen LogP contribution in [0.5, 0.6) is 0 Å². The number of aromatic amines is 1. The molecule has 0 spiro atoms. The first-order valence-corrected chi connectivity index (χ1v) is 10.6. The van der Waals surface area contributed by atoms with Crippen LogP contribution < -0.4 is 16.0 Å². The Bertz CT molecular complexity index is 1040. The maximum absolute atomic E-state index is 13.2. The van der Waals surface area contributed by atoms with E-state index in [9.17, 15) is 9.50 Å². The Morgan fingerprint density at radius 2 is 1.90 bits per heavy atom. The zero-order chi connectivity index (χ0) is 22.0. The standard InChI is InChI=1S/C21H25ClFN7O/c1-11(31)10-24-19-18(22)20(26-17-9-16(29-30-17)14-3-4-14)28-21(27-19)25-12(2)13-5-7-15(23)8-6-13/h5-9,11-12,14,31H,3-4,10H2,1-2H3,(H4,24,25,26,27,28,29,30)/t11-,12-/m0/s1. The molecular formula is C21H25ClFN7O. The van der Waals surface area contributed by atoms with E-state index >= 15 is 0 Å². The third-order valence-electron chi connectivity index (χ3n) is 4.99. The van der Waals surface area contributed by atoms with Gasteiger partial charge in [0.05, 0.1) is 12.1 Å². The topological polar surface area (TPSA) is 111 Å². The van der Waals surface area contributed by atoms with Crippen molar-refractivity contribution in [1.29, 1.82) is 0 Å². The fourth-order valence-corrected chi connectivity index (χ4v) is 3.31. The number of aromatic nitrogens is 4. The fourth-order valence-electron chi connectivity index (χ4n) is 3.11. The van der Waals surface area contributed by atoms with E-state index in [1.54, 1.807) is 19.1 Å². The van der Waals surface area contributed by atoms with Crippen LogP contribution in [-0.2, 0) is 0 Å². The maximum Gasteiger partial charge on any atom is 0.227 e. The van der Waals surface area contributed by atoms with Crippen LogP contribution in [0, 0.1) is 5.82 Å². The second kappa shape index (κ2) is 9.07. The van der Waals surface area contributed by atoms with Gasteiger partial charge in [-0.25, -0.2) is 4.39 Å². The molecule has 5 N–H and O–H groups in total. The second-order valence-corrected chi connectivity index (χ2v) is 8.19. The monoisotopic (exact) mass is 445 g/mol. The van der Waals surface area contributed by atoms with Crippen molar-refractivity contribution in [1.82, 2.24) is 20.2 Å². The third-order valence-corrected chi connectivity index (χ3v) is 5.35. The highest BCUT2D eigenvalue weighted by Crippen LogP contribution is 2.40. The van der Waals surface area contributed by atoms with Crippen molar-refractivity contribution in [2.75, 3.05) is 22.5 Å². The van der Waals surface area contributed by atoms with Crippen LogP contribution in [0.1, 0.15) is 49.9 Å². The van der Waals surface area contributed by atoms with Gasteiger partial charge in [-0.15, -0.1) is 0 Å². The highest BCUT2D eigenvalue weighted by atomic mass is 35.5. The Morgan fingerprint density at radius 3 is 2.58 bits per heavy atom. The Balaban J connectivity index is 1.59. The number of halogens is 2. The van der Waals surface area contributed by atoms with E-state index in [2.05, 4.69) is 36.1 Å². The molecule has 1 aliphatic rings. The molecule has 2 atom stereocenters. The minimum Gasteiger partial charge on any atom is -0.392 e. The Hall–Kier alpha value is -2.91. The summed E-state index contributed by atoms with van der Waals surface area (Å²) in [6.07, 6.45) is 1.75. The second-order valence-electron chi connectivity index (χ2n) is 7.81. The first kappa shape index (κ1) is 21.3. The van der Waals surface area contributed by atoms with Gasteiger partial charge in [0.25, 0.3) is 0 Å². The molecule has 31 heavy (non-hydrogen) atoms. The molecule has 1 aliphatic carbocycles. The van der Waals surface area contributed by atoms with Gasteiger partial charge >= 0.3 is 0 Å². The number of aliphatic hydroxyl groups excluding tert-OH is 1. The average molecular weight is 446 g/mol. The summed E-state index contributed by atoms with van der Waals surface area (Å²) >= 11 is 6.53. The van der Waals surface area contributed by atoms with Crippen molar-refractivity contribution < 1.29 is 9.50 Å². The number of hydrogen-bond donors (Lipinski definition) is 5. The van der Waals surface area contributed by atoms with Gasteiger partial charge in [0.15, 0.2) is 17.5 Å². The van der Waals surface area contributed by atoms with Crippen molar-refractivity contribution >= 4 is 35.0 Å². The van der Waals surface area contributed by atoms with Crippen molar-refractivity contribution in [2.24, 2.45) is 0 Å². The summed E-state index contributed by atoms with van der Waals surface area (Å²) < 4.78 is 13.2. The molecule has 0 amide bonds. The number of anilines is 4. The normalized spacial score (nSPS) is 15.4. The summed E-state index contributed by atoms with van der Waals surface area (Å²) in [5.74, 6) is 1.95. The number of hydrogen-bond acceptors (Lipinski definition) is 7. The van der Waals surface area contributed by atoms with Crippen molar-refractivity contribution in [3.05, 3.63) is 52.4 Å². The predicted octanol–water partition coefficient (Wildman–Crippen LogP) is 4.58. The summed E-state index contributed by atoms with van der Waals surface area (Å²) in [6.45, 7) is 3.87. The van der Waals surface area contributed by atoms with Gasteiger partial charge in [0, 0.05) is 24.2 Å². The lowest BCUT2D eigenvalue weighted by molar-refractivity contribution is 0.208. The van der Waals surface area contributed by atoms with E-state index in [0.717, 1.165) is 11.3 Å². The van der Waals surface area contributed by atoms with Crippen molar-refractivity contribution in [3.8, 4) is 0 Å². The SMILES string of the molecule is C[C@H](O)CNc1nc(N[C@@H](C)c2ccc(F)cc2)nc(Nc2cc(C3CC3)[nH]n2)c1Cl. The third kappa shape index (κ3) is 5.42. The molecule has 10 heteroatoms. The lowest BCUT2D eigenvalue weighted by Crippen LogP contribution is -2.18. The number of rotatable bonds is 9. The van der Waals surface area contributed by atoms with Gasteiger partial charge in [0.2, 0.25) is 5.95 Å². The minimum absolute atomic E-state index is 0.175. The Morgan fingerprint density at radius 1 is 1.19 bits per heavy atom. The number of nitrogens with one attached hydrogen (secondary N) is 4. The highest BCUT2D eigenvalue weighted by molar-refractivity contribution is 6.35. The van der Waals surface area contributed by atoms with Crippen LogP contribution in [0.4, 0.5) is 27.8 Å². The predicted molar refractivity (Wildman–Crippen MR) is 119 cm³/mol. The van der Waals surface area contributed by atoms with E-state index < -0.39 is 6.10 Å². The van der Waals surface area contributed by atoms with E-state index in [1.165, 1.54) is 25.0 Å². The molecule has 4 rings (SSSR count). The molecular weight excluding hydrogens is 421 g/mol. The van der Waals surface area contributed by atoms with Gasteiger partial charge in [-0.1, -0.05) is 23.7 Å². The number of H-pyrrole nitrogens is 1. The van der Waals surface area contributed by atoms with Crippen LogP contribution in [0.15, 0.2) is 30.3 Å². The molecule has 2 heterocycles. The summed E-state index contributed by atoms with van der Waals surface area (Å²) in [6, 6.07) is 8.01. The highest BCUT2D eigenvalue weighted by Gasteiger charge is 2.26. The molecule has 164 valence electrons. The summed E-state index contributed by atoms with van der Waals surface area (Å²) in [5, 5.41) is 26.7. The summed E-state index contributed by atoms with van der Waals surface area (Å²) in [4.78, 5) is 8.97. The van der Waals surface area contributed by atoms with Gasteiger partial charge in [-0.3, -0.25) is 5.10 Å². The number of aliphatic hydroxyl groups is 1. The van der Waals surface area contributed by atoms with Crippen LogP contribution in [-0.4, -0.2) is 37.9 Å². The molecule has 0 unspecified atom stereocenters. The van der Waals surface area contributed by atoms with Gasteiger partial charge in [-0.05, 0) is 44.4 Å². The Kier molecular flexibility index (Phi) is 6.24. The quantitative estimate of drug-likeness (QED) is 0.328. The van der Waals surface area contributed by atoms with Crippen LogP contribution in [0.2, 0.25) is 5.02 Å². The average Bonchev–Trinajstić information content (AvgIpc) is 3.48. The van der Waals surface area contributed by atoms with Gasteiger partial charge in [0.1, 0.15) is 10.8 Å². The largest absolute Gasteiger partial charge is 0.392 e. The molecule has 0 radical (unpaired) electrons. The van der Waals surface area contributed by atoms with E-state index in [0.29, 0.717) is 29.3 Å². The van der Waals surface area contributed by atoms with Gasteiger partial charge < -0.3 is 21.1 Å². The zero-order valence-corrected chi connectivity index (χ0v) is 18.0. The van der Waals surface area contributed by atoms with Crippen molar-refractivity contribution in [2.45, 2.75) is 44.8 Å². The molecule has 1 saturated carbocycles. The minimum atomic E-state index is -0.579. The molecule has 0 bridgehead atoms. The van der Waals surface area contributed by atoms with Crippen LogP contribution in [0.3, 0.4) is 0 Å². The molecule has 0 aliphatic heterocycles. The summed E-state index contributed by atoms with van der Waals surface area (Å²) in [5.41, 5.74) is 1.97. The molecule has 8 nitrogen and oxygen atoms in total. The number of nitrogens with zero attached hydrogens (tertiary/aromatic N) is 3.